The van der Waals surface area contributed by atoms with Crippen LogP contribution in [-0.4, -0.2) is 25.4 Å². The predicted molar refractivity (Wildman–Crippen MR) is 69.4 cm³/mol. The third-order valence-electron chi connectivity index (χ3n) is 3.08. The standard InChI is InChI=1S/C11H13ClN4S/c12-11-14-9-8(6-13-16-9)10(15-11)17-7-4-2-1-3-5-7/h6-7H,1-5H2,(H,13,14,15,16). The zero-order chi connectivity index (χ0) is 11.7. The molecule has 4 nitrogen and oxygen atoms in total. The van der Waals surface area contributed by atoms with Gasteiger partial charge in [-0.3, -0.25) is 5.10 Å². The van der Waals surface area contributed by atoms with Crippen LogP contribution in [0.5, 0.6) is 0 Å². The van der Waals surface area contributed by atoms with Gasteiger partial charge in [0.15, 0.2) is 5.65 Å². The van der Waals surface area contributed by atoms with Crippen molar-refractivity contribution in [1.29, 1.82) is 0 Å². The Morgan fingerprint density at radius 2 is 2.06 bits per heavy atom. The maximum absolute atomic E-state index is 5.92. The SMILES string of the molecule is Clc1nc(SC2CCCCC2)c2cn[nH]c2n1. The molecule has 0 aliphatic heterocycles. The van der Waals surface area contributed by atoms with E-state index in [9.17, 15) is 0 Å². The van der Waals surface area contributed by atoms with Gasteiger partial charge in [0.2, 0.25) is 5.28 Å². The molecule has 0 bridgehead atoms. The van der Waals surface area contributed by atoms with Crippen LogP contribution in [0.4, 0.5) is 0 Å². The Bertz CT molecular complexity index is 521. The molecule has 1 saturated carbocycles. The van der Waals surface area contributed by atoms with Crippen LogP contribution in [0.25, 0.3) is 11.0 Å². The van der Waals surface area contributed by atoms with Crippen LogP contribution >= 0.6 is 23.4 Å². The van der Waals surface area contributed by atoms with E-state index in [-0.39, 0.29) is 0 Å². The smallest absolute Gasteiger partial charge is 0.225 e. The maximum atomic E-state index is 5.92. The molecule has 6 heteroatoms. The minimum atomic E-state index is 0.292. The van der Waals surface area contributed by atoms with E-state index in [1.807, 2.05) is 11.8 Å². The Balaban J connectivity index is 1.90. The summed E-state index contributed by atoms with van der Waals surface area (Å²) in [7, 11) is 0. The van der Waals surface area contributed by atoms with E-state index in [1.165, 1.54) is 32.1 Å². The average molecular weight is 269 g/mol. The summed E-state index contributed by atoms with van der Waals surface area (Å²) in [5.74, 6) is 0. The fourth-order valence-electron chi connectivity index (χ4n) is 2.21. The normalized spacial score (nSPS) is 17.7. The fraction of sp³-hybridized carbons (Fsp3) is 0.545. The first-order chi connectivity index (χ1) is 8.33. The quantitative estimate of drug-likeness (QED) is 0.670. The summed E-state index contributed by atoms with van der Waals surface area (Å²) < 4.78 is 0. The lowest BCUT2D eigenvalue weighted by Crippen LogP contribution is -2.08. The van der Waals surface area contributed by atoms with Crippen LogP contribution in [0.3, 0.4) is 0 Å². The van der Waals surface area contributed by atoms with Gasteiger partial charge in [-0.25, -0.2) is 4.98 Å². The van der Waals surface area contributed by atoms with Gasteiger partial charge in [0, 0.05) is 5.25 Å². The molecule has 0 unspecified atom stereocenters. The fourth-order valence-corrected chi connectivity index (χ4v) is 3.73. The second-order valence-electron chi connectivity index (χ2n) is 4.31. The summed E-state index contributed by atoms with van der Waals surface area (Å²) in [5.41, 5.74) is 0.725. The summed E-state index contributed by atoms with van der Waals surface area (Å²) in [6.07, 6.45) is 8.33. The molecule has 90 valence electrons. The van der Waals surface area contributed by atoms with Crippen molar-refractivity contribution in [3.05, 3.63) is 11.5 Å². The summed E-state index contributed by atoms with van der Waals surface area (Å²) in [4.78, 5) is 8.44. The Morgan fingerprint density at radius 3 is 2.88 bits per heavy atom. The Labute approximate surface area is 109 Å². The van der Waals surface area contributed by atoms with Crippen molar-refractivity contribution >= 4 is 34.4 Å². The lowest BCUT2D eigenvalue weighted by molar-refractivity contribution is 0.516. The molecule has 0 spiro atoms. The monoisotopic (exact) mass is 268 g/mol. The van der Waals surface area contributed by atoms with Crippen LogP contribution < -0.4 is 0 Å². The lowest BCUT2D eigenvalue weighted by Gasteiger charge is -2.20. The Morgan fingerprint density at radius 1 is 1.24 bits per heavy atom. The number of hydrogen-bond acceptors (Lipinski definition) is 4. The average Bonchev–Trinajstić information content (AvgIpc) is 2.78. The van der Waals surface area contributed by atoms with Gasteiger partial charge >= 0.3 is 0 Å². The van der Waals surface area contributed by atoms with Crippen molar-refractivity contribution in [1.82, 2.24) is 20.2 Å². The molecule has 2 aromatic rings. The van der Waals surface area contributed by atoms with Gasteiger partial charge in [0.25, 0.3) is 0 Å². The molecule has 3 rings (SSSR count). The van der Waals surface area contributed by atoms with Crippen molar-refractivity contribution in [2.45, 2.75) is 42.4 Å². The maximum Gasteiger partial charge on any atom is 0.225 e. The molecule has 0 radical (unpaired) electrons. The van der Waals surface area contributed by atoms with Crippen LogP contribution in [0.1, 0.15) is 32.1 Å². The minimum Gasteiger partial charge on any atom is -0.261 e. The van der Waals surface area contributed by atoms with E-state index in [2.05, 4.69) is 20.2 Å². The molecule has 1 aliphatic carbocycles. The molecule has 2 aromatic heterocycles. The molecular weight excluding hydrogens is 256 g/mol. The number of nitrogens with zero attached hydrogens (tertiary/aromatic N) is 3. The van der Waals surface area contributed by atoms with E-state index >= 15 is 0 Å². The molecule has 0 saturated heterocycles. The molecular formula is C11H13ClN4S. The number of nitrogens with one attached hydrogen (secondary N) is 1. The number of hydrogen-bond donors (Lipinski definition) is 1. The van der Waals surface area contributed by atoms with Crippen molar-refractivity contribution in [2.24, 2.45) is 0 Å². The molecule has 1 N–H and O–H groups in total. The van der Waals surface area contributed by atoms with Crippen LogP contribution in [-0.2, 0) is 0 Å². The van der Waals surface area contributed by atoms with Crippen molar-refractivity contribution < 1.29 is 0 Å². The summed E-state index contributed by atoms with van der Waals surface area (Å²) in [6.45, 7) is 0. The first kappa shape index (κ1) is 11.3. The molecule has 0 aromatic carbocycles. The van der Waals surface area contributed by atoms with Crippen LogP contribution in [0.15, 0.2) is 11.2 Å². The van der Waals surface area contributed by atoms with Crippen molar-refractivity contribution in [3.8, 4) is 0 Å². The van der Waals surface area contributed by atoms with Gasteiger partial charge in [-0.15, -0.1) is 11.8 Å². The topological polar surface area (TPSA) is 54.5 Å². The van der Waals surface area contributed by atoms with E-state index in [1.54, 1.807) is 6.20 Å². The molecule has 1 fully saturated rings. The molecule has 17 heavy (non-hydrogen) atoms. The highest BCUT2D eigenvalue weighted by atomic mass is 35.5. The molecule has 2 heterocycles. The zero-order valence-electron chi connectivity index (χ0n) is 9.32. The number of rotatable bonds is 2. The number of halogens is 1. The van der Waals surface area contributed by atoms with E-state index in [4.69, 9.17) is 11.6 Å². The second kappa shape index (κ2) is 4.82. The number of thioether (sulfide) groups is 1. The molecule has 1 aliphatic rings. The highest BCUT2D eigenvalue weighted by molar-refractivity contribution is 8.00. The van der Waals surface area contributed by atoms with Crippen molar-refractivity contribution in [2.75, 3.05) is 0 Å². The predicted octanol–water partition coefficient (Wildman–Crippen LogP) is 3.43. The Kier molecular flexibility index (Phi) is 3.20. The van der Waals surface area contributed by atoms with Gasteiger partial charge in [-0.05, 0) is 24.4 Å². The van der Waals surface area contributed by atoms with Gasteiger partial charge in [0.05, 0.1) is 11.6 Å². The first-order valence-corrected chi connectivity index (χ1v) is 7.12. The number of aromatic nitrogens is 4. The van der Waals surface area contributed by atoms with E-state index in [0.717, 1.165) is 16.1 Å². The van der Waals surface area contributed by atoms with Crippen molar-refractivity contribution in [3.63, 3.8) is 0 Å². The van der Waals surface area contributed by atoms with E-state index in [0.29, 0.717) is 10.5 Å². The van der Waals surface area contributed by atoms with E-state index < -0.39 is 0 Å². The Hall–Kier alpha value is -0.810. The number of aromatic amines is 1. The van der Waals surface area contributed by atoms with Gasteiger partial charge in [0.1, 0.15) is 5.03 Å². The van der Waals surface area contributed by atoms with Gasteiger partial charge in [-0.1, -0.05) is 19.3 Å². The van der Waals surface area contributed by atoms with Crippen LogP contribution in [0, 0.1) is 0 Å². The second-order valence-corrected chi connectivity index (χ2v) is 5.94. The number of H-pyrrole nitrogens is 1. The summed E-state index contributed by atoms with van der Waals surface area (Å²) >= 11 is 7.73. The largest absolute Gasteiger partial charge is 0.261 e. The third kappa shape index (κ3) is 2.40. The van der Waals surface area contributed by atoms with Gasteiger partial charge in [-0.2, -0.15) is 10.1 Å². The molecule has 0 amide bonds. The third-order valence-corrected chi connectivity index (χ3v) is 4.59. The summed E-state index contributed by atoms with van der Waals surface area (Å²) in [5, 5.41) is 9.72. The lowest BCUT2D eigenvalue weighted by atomic mass is 10.0. The number of fused-ring (bicyclic) bond motifs is 1. The van der Waals surface area contributed by atoms with Gasteiger partial charge < -0.3 is 0 Å². The van der Waals surface area contributed by atoms with Crippen LogP contribution in [0.2, 0.25) is 5.28 Å². The summed E-state index contributed by atoms with van der Waals surface area (Å²) in [6, 6.07) is 0. The minimum absolute atomic E-state index is 0.292. The first-order valence-electron chi connectivity index (χ1n) is 5.86. The zero-order valence-corrected chi connectivity index (χ0v) is 10.9. The molecule has 0 atom stereocenters. The highest BCUT2D eigenvalue weighted by Gasteiger charge is 2.18. The highest BCUT2D eigenvalue weighted by Crippen LogP contribution is 2.35.